The zero-order valence-electron chi connectivity index (χ0n) is 18.8. The number of ether oxygens (including phenoxy) is 1. The van der Waals surface area contributed by atoms with Crippen molar-refractivity contribution in [2.75, 3.05) is 31.8 Å². The van der Waals surface area contributed by atoms with Crippen molar-refractivity contribution in [3.8, 4) is 33.9 Å². The molecule has 0 saturated carbocycles. The van der Waals surface area contributed by atoms with Crippen LogP contribution in [0.3, 0.4) is 0 Å². The number of aromatic nitrogens is 2. The van der Waals surface area contributed by atoms with Gasteiger partial charge in [0.25, 0.3) is 0 Å². The van der Waals surface area contributed by atoms with E-state index in [1.165, 1.54) is 13.2 Å². The van der Waals surface area contributed by atoms with E-state index in [1.807, 2.05) is 62.6 Å². The van der Waals surface area contributed by atoms with Gasteiger partial charge in [-0.3, -0.25) is 0 Å². The molecule has 166 valence electrons. The molecule has 6 heteroatoms. The van der Waals surface area contributed by atoms with Crippen LogP contribution in [0.2, 0.25) is 0 Å². The third kappa shape index (κ3) is 4.96. The van der Waals surface area contributed by atoms with Crippen LogP contribution in [-0.4, -0.2) is 37.1 Å². The summed E-state index contributed by atoms with van der Waals surface area (Å²) in [7, 11) is 5.17. The minimum Gasteiger partial charge on any atom is -0.466 e. The van der Waals surface area contributed by atoms with E-state index in [1.54, 1.807) is 6.08 Å². The van der Waals surface area contributed by atoms with E-state index in [4.69, 9.17) is 4.98 Å². The van der Waals surface area contributed by atoms with Crippen LogP contribution in [-0.2, 0) is 9.53 Å². The first-order chi connectivity index (χ1) is 16.1. The first-order valence-electron chi connectivity index (χ1n) is 10.6. The molecule has 6 nitrogen and oxygen atoms in total. The molecule has 0 radical (unpaired) electrons. The molecule has 0 unspecified atom stereocenters. The highest BCUT2D eigenvalue weighted by atomic mass is 16.5. The number of methoxy groups -OCH3 is 1. The molecule has 0 bridgehead atoms. The fraction of sp³-hybridized carbons (Fsp3) is 0.111. The molecule has 0 fully saturated rings. The number of carbonyl (C=O) groups excluding carboxylic acids is 1. The van der Waals surface area contributed by atoms with E-state index >= 15 is 0 Å². The number of hydrogen-bond donors (Lipinski definition) is 3. The molecule has 33 heavy (non-hydrogen) atoms. The van der Waals surface area contributed by atoms with Gasteiger partial charge in [-0.2, -0.15) is 0 Å². The highest BCUT2D eigenvalue weighted by Crippen LogP contribution is 2.34. The first kappa shape index (κ1) is 21.9. The van der Waals surface area contributed by atoms with Crippen LogP contribution in [0.15, 0.2) is 78.9 Å². The number of imidazole rings is 1. The van der Waals surface area contributed by atoms with Gasteiger partial charge in [-0.25, -0.2) is 9.78 Å². The lowest BCUT2D eigenvalue weighted by atomic mass is 10.0. The molecule has 0 aliphatic rings. The van der Waals surface area contributed by atoms with Crippen molar-refractivity contribution in [3.05, 3.63) is 84.4 Å². The monoisotopic (exact) mass is 438 g/mol. The Morgan fingerprint density at radius 2 is 1.36 bits per heavy atom. The van der Waals surface area contributed by atoms with Gasteiger partial charge in [-0.1, -0.05) is 48.5 Å². The van der Waals surface area contributed by atoms with E-state index in [2.05, 4.69) is 44.6 Å². The molecule has 0 atom stereocenters. The van der Waals surface area contributed by atoms with Crippen LogP contribution in [0.1, 0.15) is 5.56 Å². The number of nitrogens with zero attached hydrogens (tertiary/aromatic N) is 1. The van der Waals surface area contributed by atoms with E-state index < -0.39 is 0 Å². The SMILES string of the molecule is CNc1ccc(-c2nc(-c3ccc(/C=C/C(=O)OC)cc3)[nH]c2-c2ccc(NC)cc2)cc1. The quantitative estimate of drug-likeness (QED) is 0.256. The Labute approximate surface area is 193 Å². The molecule has 1 heterocycles. The molecular weight excluding hydrogens is 412 g/mol. The normalized spacial score (nSPS) is 10.9. The number of aromatic amines is 1. The molecule has 3 N–H and O–H groups in total. The maximum atomic E-state index is 11.3. The maximum absolute atomic E-state index is 11.3. The minimum atomic E-state index is -0.382. The lowest BCUT2D eigenvalue weighted by molar-refractivity contribution is -0.134. The van der Waals surface area contributed by atoms with Crippen molar-refractivity contribution in [2.45, 2.75) is 0 Å². The van der Waals surface area contributed by atoms with Gasteiger partial charge in [0.15, 0.2) is 0 Å². The zero-order chi connectivity index (χ0) is 23.2. The second kappa shape index (κ2) is 9.87. The summed E-state index contributed by atoms with van der Waals surface area (Å²) in [6, 6.07) is 24.3. The Hall–Kier alpha value is -4.32. The van der Waals surface area contributed by atoms with Crippen molar-refractivity contribution in [2.24, 2.45) is 0 Å². The van der Waals surface area contributed by atoms with Gasteiger partial charge in [0.2, 0.25) is 0 Å². The fourth-order valence-electron chi connectivity index (χ4n) is 3.51. The van der Waals surface area contributed by atoms with E-state index in [9.17, 15) is 4.79 Å². The Morgan fingerprint density at radius 3 is 1.91 bits per heavy atom. The number of benzene rings is 3. The van der Waals surface area contributed by atoms with E-state index in [-0.39, 0.29) is 5.97 Å². The Kier molecular flexibility index (Phi) is 6.55. The third-order valence-electron chi connectivity index (χ3n) is 5.41. The topological polar surface area (TPSA) is 79.0 Å². The van der Waals surface area contributed by atoms with Gasteiger partial charge in [-0.15, -0.1) is 0 Å². The van der Waals surface area contributed by atoms with Crippen LogP contribution < -0.4 is 10.6 Å². The van der Waals surface area contributed by atoms with Crippen LogP contribution in [0, 0.1) is 0 Å². The second-order valence-corrected chi connectivity index (χ2v) is 7.44. The lowest BCUT2D eigenvalue weighted by Gasteiger charge is -2.06. The van der Waals surface area contributed by atoms with Gasteiger partial charge >= 0.3 is 5.97 Å². The summed E-state index contributed by atoms with van der Waals surface area (Å²) < 4.78 is 4.65. The molecule has 0 amide bonds. The Bertz CT molecular complexity index is 1190. The molecule has 3 aromatic carbocycles. The zero-order valence-corrected chi connectivity index (χ0v) is 18.8. The molecular formula is C27H26N4O2. The number of carbonyl (C=O) groups is 1. The average Bonchev–Trinajstić information content (AvgIpc) is 3.33. The van der Waals surface area contributed by atoms with Gasteiger partial charge in [0.05, 0.1) is 18.5 Å². The molecule has 0 spiro atoms. The van der Waals surface area contributed by atoms with Crippen molar-refractivity contribution >= 4 is 23.4 Å². The van der Waals surface area contributed by atoms with Crippen LogP contribution >= 0.6 is 0 Å². The summed E-state index contributed by atoms with van der Waals surface area (Å²) in [6.45, 7) is 0. The lowest BCUT2D eigenvalue weighted by Crippen LogP contribution is -1.93. The molecule has 0 aliphatic carbocycles. The summed E-state index contributed by atoms with van der Waals surface area (Å²) in [4.78, 5) is 19.8. The third-order valence-corrected chi connectivity index (χ3v) is 5.41. The van der Waals surface area contributed by atoms with Crippen molar-refractivity contribution in [3.63, 3.8) is 0 Å². The van der Waals surface area contributed by atoms with E-state index in [0.717, 1.165) is 50.8 Å². The van der Waals surface area contributed by atoms with Crippen LogP contribution in [0.5, 0.6) is 0 Å². The van der Waals surface area contributed by atoms with Gasteiger partial charge in [-0.05, 0) is 35.9 Å². The number of nitrogens with one attached hydrogen (secondary N) is 3. The van der Waals surface area contributed by atoms with E-state index in [0.29, 0.717) is 0 Å². The average molecular weight is 439 g/mol. The number of rotatable bonds is 7. The Balaban J connectivity index is 1.73. The van der Waals surface area contributed by atoms with Crippen LogP contribution in [0.25, 0.3) is 40.0 Å². The Morgan fingerprint density at radius 1 is 0.818 bits per heavy atom. The maximum Gasteiger partial charge on any atom is 0.330 e. The van der Waals surface area contributed by atoms with Crippen molar-refractivity contribution < 1.29 is 9.53 Å². The highest BCUT2D eigenvalue weighted by Gasteiger charge is 2.15. The first-order valence-corrected chi connectivity index (χ1v) is 10.6. The largest absolute Gasteiger partial charge is 0.466 e. The van der Waals surface area contributed by atoms with Crippen molar-refractivity contribution in [1.82, 2.24) is 9.97 Å². The van der Waals surface area contributed by atoms with Crippen molar-refractivity contribution in [1.29, 1.82) is 0 Å². The number of H-pyrrole nitrogens is 1. The summed E-state index contributed by atoms with van der Waals surface area (Å²) >= 11 is 0. The standard InChI is InChI=1S/C27H26N4O2/c1-28-22-13-9-19(10-14-22)25-26(20-11-15-23(29-2)16-12-20)31-27(30-25)21-7-4-18(5-8-21)6-17-24(32)33-3/h4-17,28-29H,1-3H3,(H,30,31)/b17-6+. The molecule has 4 rings (SSSR count). The highest BCUT2D eigenvalue weighted by molar-refractivity contribution is 5.87. The number of anilines is 2. The summed E-state index contributed by atoms with van der Waals surface area (Å²) in [6.07, 6.45) is 3.13. The fourth-order valence-corrected chi connectivity index (χ4v) is 3.51. The van der Waals surface area contributed by atoms with Gasteiger partial charge < -0.3 is 20.4 Å². The molecule has 4 aromatic rings. The molecule has 0 aliphatic heterocycles. The molecule has 0 saturated heterocycles. The number of esters is 1. The van der Waals surface area contributed by atoms with Crippen LogP contribution in [0.4, 0.5) is 11.4 Å². The summed E-state index contributed by atoms with van der Waals surface area (Å²) in [5.74, 6) is 0.395. The number of hydrogen-bond acceptors (Lipinski definition) is 5. The summed E-state index contributed by atoms with van der Waals surface area (Å²) in [5, 5.41) is 6.31. The minimum absolute atomic E-state index is 0.382. The molecule has 1 aromatic heterocycles. The van der Waals surface area contributed by atoms with Gasteiger partial charge in [0, 0.05) is 48.2 Å². The smallest absolute Gasteiger partial charge is 0.330 e. The predicted molar refractivity (Wildman–Crippen MR) is 135 cm³/mol. The predicted octanol–water partition coefficient (Wildman–Crippen LogP) is 5.68. The summed E-state index contributed by atoms with van der Waals surface area (Å²) in [5.41, 5.74) is 7.89. The second-order valence-electron chi connectivity index (χ2n) is 7.44. The van der Waals surface area contributed by atoms with Gasteiger partial charge in [0.1, 0.15) is 5.82 Å².